The van der Waals surface area contributed by atoms with E-state index in [0.717, 1.165) is 0 Å². The predicted octanol–water partition coefficient (Wildman–Crippen LogP) is -2.27. The smallest absolute Gasteiger partial charge is 0.377 e. The molecule has 0 saturated carbocycles. The second kappa shape index (κ2) is 4.21. The van der Waals surface area contributed by atoms with Gasteiger partial charge in [-0.15, -0.1) is 10.2 Å². The molecule has 0 saturated heterocycles. The molecule has 14 heavy (non-hydrogen) atoms. The molecule has 0 atom stereocenters. The first kappa shape index (κ1) is 9.96. The summed E-state index contributed by atoms with van der Waals surface area (Å²) in [6, 6.07) is 0. The maximum atomic E-state index is 11.0. The monoisotopic (exact) mass is 199 g/mol. The third-order valence-corrected chi connectivity index (χ3v) is 1.37. The van der Waals surface area contributed by atoms with Gasteiger partial charge in [0.05, 0.1) is 7.11 Å². The summed E-state index contributed by atoms with van der Waals surface area (Å²) in [5.74, 6) is -1.25. The summed E-state index contributed by atoms with van der Waals surface area (Å²) in [7, 11) is 2.66. The van der Waals surface area contributed by atoms with Gasteiger partial charge in [-0.25, -0.2) is 4.79 Å². The Morgan fingerprint density at radius 3 is 2.29 bits per heavy atom. The van der Waals surface area contributed by atoms with Crippen LogP contribution in [0, 0.1) is 0 Å². The summed E-state index contributed by atoms with van der Waals surface area (Å²) in [5, 5.41) is 9.44. The molecule has 1 rings (SSSR count). The molecule has 0 aromatic rings. The highest BCUT2D eigenvalue weighted by Crippen LogP contribution is 1.86. The number of likely N-dealkylation sites (N-methyl/N-ethyl adjacent to an activating group) is 1. The summed E-state index contributed by atoms with van der Waals surface area (Å²) in [4.78, 5) is 21.9. The summed E-state index contributed by atoms with van der Waals surface area (Å²) in [6.07, 6.45) is 0. The van der Waals surface area contributed by atoms with Crippen molar-refractivity contribution in [2.75, 3.05) is 14.2 Å². The molecule has 0 spiro atoms. The molecule has 0 radical (unpaired) electrons. The van der Waals surface area contributed by atoms with Crippen molar-refractivity contribution >= 4 is 23.5 Å². The summed E-state index contributed by atoms with van der Waals surface area (Å²) in [5.41, 5.74) is 4.57. The lowest BCUT2D eigenvalue weighted by molar-refractivity contribution is -0.133. The maximum absolute atomic E-state index is 11.0. The first-order valence-corrected chi connectivity index (χ1v) is 3.67. The molecule has 0 unspecified atom stereocenters. The summed E-state index contributed by atoms with van der Waals surface area (Å²) < 4.78 is 4.37. The Kier molecular flexibility index (Phi) is 3.00. The highest BCUT2D eigenvalue weighted by molar-refractivity contribution is 6.41. The van der Waals surface area contributed by atoms with E-state index in [1.807, 2.05) is 0 Å². The molecule has 1 heterocycles. The van der Waals surface area contributed by atoms with Gasteiger partial charge in [-0.05, 0) is 0 Å². The van der Waals surface area contributed by atoms with Crippen LogP contribution in [-0.4, -0.2) is 37.7 Å². The van der Waals surface area contributed by atoms with Crippen molar-refractivity contribution in [3.8, 4) is 0 Å². The molecule has 76 valence electrons. The van der Waals surface area contributed by atoms with E-state index in [0.29, 0.717) is 0 Å². The number of carbonyl (C=O) groups is 2. The Labute approximate surface area is 79.4 Å². The zero-order chi connectivity index (χ0) is 10.6. The number of nitrogens with zero attached hydrogens (tertiary/aromatic N) is 2. The van der Waals surface area contributed by atoms with E-state index in [1.54, 1.807) is 0 Å². The number of carbonyl (C=O) groups excluding carboxylic acids is 2. The summed E-state index contributed by atoms with van der Waals surface area (Å²) >= 11 is 0. The minimum Gasteiger partial charge on any atom is -0.463 e. The van der Waals surface area contributed by atoms with Crippen LogP contribution in [0.15, 0.2) is 10.2 Å². The maximum Gasteiger partial charge on any atom is 0.377 e. The molecule has 0 fully saturated rings. The molecule has 3 N–H and O–H groups in total. The topological polar surface area (TPSA) is 104 Å². The summed E-state index contributed by atoms with van der Waals surface area (Å²) in [6.45, 7) is 0. The Balaban J connectivity index is 2.61. The Morgan fingerprint density at radius 1 is 1.29 bits per heavy atom. The molecule has 0 bridgehead atoms. The van der Waals surface area contributed by atoms with Gasteiger partial charge in [-0.2, -0.15) is 0 Å². The standard InChI is InChI=1S/C6H9N5O3/c1-7-5(12)3-8-10-4(11-9-3)6(13)14-2/h1-2H3,(H,7,12)(H,8,9)(H,10,11). The lowest BCUT2D eigenvalue weighted by atomic mass is 10.5. The molecular formula is C6H9N5O3. The van der Waals surface area contributed by atoms with Gasteiger partial charge in [0.1, 0.15) is 0 Å². The fourth-order valence-electron chi connectivity index (χ4n) is 0.676. The molecular weight excluding hydrogens is 190 g/mol. The molecule has 0 aromatic carbocycles. The van der Waals surface area contributed by atoms with Gasteiger partial charge in [-0.3, -0.25) is 15.6 Å². The van der Waals surface area contributed by atoms with Gasteiger partial charge in [0.15, 0.2) is 0 Å². The highest BCUT2D eigenvalue weighted by atomic mass is 16.5. The third kappa shape index (κ3) is 1.97. The largest absolute Gasteiger partial charge is 0.463 e. The number of ether oxygens (including phenoxy) is 1. The number of amides is 1. The second-order valence-electron chi connectivity index (χ2n) is 2.22. The molecule has 0 aromatic heterocycles. The van der Waals surface area contributed by atoms with Gasteiger partial charge in [-0.1, -0.05) is 0 Å². The minimum atomic E-state index is -0.669. The van der Waals surface area contributed by atoms with E-state index in [-0.39, 0.29) is 11.7 Å². The van der Waals surface area contributed by atoms with Crippen LogP contribution in [0.4, 0.5) is 0 Å². The van der Waals surface area contributed by atoms with Crippen LogP contribution in [0.3, 0.4) is 0 Å². The van der Waals surface area contributed by atoms with E-state index in [4.69, 9.17) is 0 Å². The average Bonchev–Trinajstić information content (AvgIpc) is 2.27. The van der Waals surface area contributed by atoms with E-state index in [1.165, 1.54) is 14.2 Å². The molecule has 1 amide bonds. The van der Waals surface area contributed by atoms with Gasteiger partial charge < -0.3 is 10.1 Å². The average molecular weight is 199 g/mol. The van der Waals surface area contributed by atoms with Crippen molar-refractivity contribution < 1.29 is 14.3 Å². The number of hydrogen-bond acceptors (Lipinski definition) is 7. The van der Waals surface area contributed by atoms with Crippen LogP contribution in [0.2, 0.25) is 0 Å². The van der Waals surface area contributed by atoms with E-state index in [9.17, 15) is 9.59 Å². The molecule has 8 heteroatoms. The fourth-order valence-corrected chi connectivity index (χ4v) is 0.676. The zero-order valence-electron chi connectivity index (χ0n) is 7.62. The van der Waals surface area contributed by atoms with Crippen molar-refractivity contribution in [3.05, 3.63) is 0 Å². The number of nitrogens with one attached hydrogen (secondary N) is 3. The molecule has 0 aliphatic carbocycles. The van der Waals surface area contributed by atoms with Gasteiger partial charge in [0.25, 0.3) is 11.7 Å². The molecule has 8 nitrogen and oxygen atoms in total. The number of hydrazone groups is 2. The lowest BCUT2D eigenvalue weighted by Crippen LogP contribution is -2.44. The van der Waals surface area contributed by atoms with Crippen LogP contribution in [0.1, 0.15) is 0 Å². The van der Waals surface area contributed by atoms with Crippen molar-refractivity contribution in [2.45, 2.75) is 0 Å². The number of methoxy groups -OCH3 is 1. The third-order valence-electron chi connectivity index (χ3n) is 1.37. The van der Waals surface area contributed by atoms with E-state index >= 15 is 0 Å². The van der Waals surface area contributed by atoms with E-state index < -0.39 is 11.9 Å². The van der Waals surface area contributed by atoms with Gasteiger partial charge in [0, 0.05) is 7.05 Å². The highest BCUT2D eigenvalue weighted by Gasteiger charge is 2.18. The van der Waals surface area contributed by atoms with Gasteiger partial charge >= 0.3 is 5.97 Å². The van der Waals surface area contributed by atoms with E-state index in [2.05, 4.69) is 31.1 Å². The van der Waals surface area contributed by atoms with Crippen molar-refractivity contribution in [1.29, 1.82) is 0 Å². The predicted molar refractivity (Wildman–Crippen MR) is 47.2 cm³/mol. The second-order valence-corrected chi connectivity index (χ2v) is 2.22. The van der Waals surface area contributed by atoms with Crippen LogP contribution >= 0.6 is 0 Å². The number of rotatable bonds is 2. The number of hydrogen-bond donors (Lipinski definition) is 3. The minimum absolute atomic E-state index is 0.0276. The van der Waals surface area contributed by atoms with Crippen molar-refractivity contribution in [3.63, 3.8) is 0 Å². The van der Waals surface area contributed by atoms with Crippen LogP contribution < -0.4 is 16.2 Å². The SMILES string of the molecule is CNC(=O)C1=NNC(C(=O)OC)=NN1. The van der Waals surface area contributed by atoms with Crippen molar-refractivity contribution in [1.82, 2.24) is 16.2 Å². The Morgan fingerprint density at radius 2 is 1.86 bits per heavy atom. The zero-order valence-corrected chi connectivity index (χ0v) is 7.62. The molecule has 1 aliphatic heterocycles. The fraction of sp³-hybridized carbons (Fsp3) is 0.333. The number of amidine groups is 2. The van der Waals surface area contributed by atoms with Crippen LogP contribution in [-0.2, 0) is 14.3 Å². The lowest BCUT2D eigenvalue weighted by Gasteiger charge is -2.11. The van der Waals surface area contributed by atoms with Crippen molar-refractivity contribution in [2.24, 2.45) is 10.2 Å². The Hall–Kier alpha value is -2.12. The first-order valence-electron chi connectivity index (χ1n) is 3.67. The quantitative estimate of drug-likeness (QED) is 0.435. The normalized spacial score (nSPS) is 14.1. The first-order chi connectivity index (χ1) is 6.69. The van der Waals surface area contributed by atoms with Crippen LogP contribution in [0.25, 0.3) is 0 Å². The Bertz CT molecular complexity index is 289. The van der Waals surface area contributed by atoms with Crippen LogP contribution in [0.5, 0.6) is 0 Å². The van der Waals surface area contributed by atoms with Gasteiger partial charge in [0.2, 0.25) is 5.84 Å². The molecule has 1 aliphatic rings. The number of esters is 1.